The van der Waals surface area contributed by atoms with Crippen LogP contribution >= 0.6 is 15.9 Å². The number of hydrogen-bond acceptors (Lipinski definition) is 2. The lowest BCUT2D eigenvalue weighted by molar-refractivity contribution is -0.114. The van der Waals surface area contributed by atoms with Gasteiger partial charge in [-0.25, -0.2) is 0 Å². The van der Waals surface area contributed by atoms with Crippen LogP contribution in [0.15, 0.2) is 16.6 Å². The van der Waals surface area contributed by atoms with Crippen molar-refractivity contribution < 1.29 is 4.79 Å². The van der Waals surface area contributed by atoms with Crippen molar-refractivity contribution >= 4 is 27.5 Å². The number of carbonyl (C=O) groups is 1. The Bertz CT molecular complexity index is 502. The molecule has 0 radical (unpaired) electrons. The van der Waals surface area contributed by atoms with Gasteiger partial charge in [-0.2, -0.15) is 0 Å². The Morgan fingerprint density at radius 3 is 2.24 bits per heavy atom. The van der Waals surface area contributed by atoms with E-state index in [1.165, 1.54) is 5.56 Å². The highest BCUT2D eigenvalue weighted by Gasteiger charge is 2.20. The Morgan fingerprint density at radius 1 is 1.24 bits per heavy atom. The van der Waals surface area contributed by atoms with Crippen LogP contribution in [0.4, 0.5) is 5.69 Å². The fraction of sp³-hybridized carbons (Fsp3) is 0.588. The molecule has 0 spiro atoms. The number of anilines is 1. The van der Waals surface area contributed by atoms with E-state index in [-0.39, 0.29) is 11.3 Å². The van der Waals surface area contributed by atoms with E-state index >= 15 is 0 Å². The monoisotopic (exact) mass is 354 g/mol. The Balaban J connectivity index is 3.28. The number of rotatable bonds is 5. The average molecular weight is 355 g/mol. The number of nitrogens with zero attached hydrogens (tertiary/aromatic N) is 1. The summed E-state index contributed by atoms with van der Waals surface area (Å²) in [6, 6.07) is 4.24. The molecule has 0 aliphatic heterocycles. The van der Waals surface area contributed by atoms with Crippen molar-refractivity contribution in [3.05, 3.63) is 27.7 Å². The maximum absolute atomic E-state index is 11.5. The third-order valence-corrected chi connectivity index (χ3v) is 4.26. The van der Waals surface area contributed by atoms with Gasteiger partial charge in [-0.3, -0.25) is 9.69 Å². The Kier molecular flexibility index (Phi) is 6.41. The van der Waals surface area contributed by atoms with Gasteiger partial charge in [0.1, 0.15) is 0 Å². The summed E-state index contributed by atoms with van der Waals surface area (Å²) in [7, 11) is 0. The second-order valence-electron chi connectivity index (χ2n) is 6.38. The lowest BCUT2D eigenvalue weighted by atomic mass is 9.86. The average Bonchev–Trinajstić information content (AvgIpc) is 2.36. The smallest absolute Gasteiger partial charge is 0.221 e. The molecule has 118 valence electrons. The number of benzene rings is 1. The number of hydrogen-bond donors (Lipinski definition) is 1. The fourth-order valence-corrected chi connectivity index (χ4v) is 3.30. The van der Waals surface area contributed by atoms with E-state index in [0.29, 0.717) is 0 Å². The van der Waals surface area contributed by atoms with Gasteiger partial charge in [0.15, 0.2) is 0 Å². The zero-order valence-corrected chi connectivity index (χ0v) is 15.6. The summed E-state index contributed by atoms with van der Waals surface area (Å²) in [5.74, 6) is -0.0296. The zero-order valence-electron chi connectivity index (χ0n) is 14.0. The molecular weight excluding hydrogens is 328 g/mol. The number of nitrogens with one attached hydrogen (secondary N) is 1. The summed E-state index contributed by atoms with van der Waals surface area (Å²) >= 11 is 3.69. The predicted molar refractivity (Wildman–Crippen MR) is 93.8 cm³/mol. The third kappa shape index (κ3) is 5.11. The highest BCUT2D eigenvalue weighted by atomic mass is 79.9. The molecule has 0 aliphatic carbocycles. The van der Waals surface area contributed by atoms with E-state index in [1.807, 2.05) is 0 Å². The maximum atomic E-state index is 11.5. The molecule has 0 bridgehead atoms. The molecule has 1 amide bonds. The van der Waals surface area contributed by atoms with E-state index in [1.54, 1.807) is 6.92 Å². The van der Waals surface area contributed by atoms with E-state index in [0.717, 1.165) is 35.4 Å². The van der Waals surface area contributed by atoms with Crippen LogP contribution in [0.1, 0.15) is 52.7 Å². The standard InChI is InChI=1S/C17H27BrN2O/c1-7-20(8-2)11-13-9-15(18)14(17(4,5)6)10-16(13)19-12(3)21/h9-10H,7-8,11H2,1-6H3,(H,19,21). The molecule has 0 aliphatic rings. The molecule has 1 rings (SSSR count). The molecule has 0 saturated heterocycles. The summed E-state index contributed by atoms with van der Waals surface area (Å²) in [6.45, 7) is 15.2. The van der Waals surface area contributed by atoms with Gasteiger partial charge in [0, 0.05) is 23.6 Å². The van der Waals surface area contributed by atoms with Crippen molar-refractivity contribution in [2.24, 2.45) is 0 Å². The molecule has 0 unspecified atom stereocenters. The summed E-state index contributed by atoms with van der Waals surface area (Å²) < 4.78 is 1.10. The quantitative estimate of drug-likeness (QED) is 0.841. The Labute approximate surface area is 137 Å². The van der Waals surface area contributed by atoms with Gasteiger partial charge in [-0.05, 0) is 41.8 Å². The first-order valence-corrected chi connectivity index (χ1v) is 8.31. The highest BCUT2D eigenvalue weighted by Crippen LogP contribution is 2.34. The summed E-state index contributed by atoms with van der Waals surface area (Å²) in [5, 5.41) is 2.98. The lowest BCUT2D eigenvalue weighted by Gasteiger charge is -2.25. The highest BCUT2D eigenvalue weighted by molar-refractivity contribution is 9.10. The lowest BCUT2D eigenvalue weighted by Crippen LogP contribution is -2.24. The molecule has 21 heavy (non-hydrogen) atoms. The topological polar surface area (TPSA) is 32.3 Å². The number of carbonyl (C=O) groups excluding carboxylic acids is 1. The third-order valence-electron chi connectivity index (χ3n) is 3.60. The van der Waals surface area contributed by atoms with E-state index in [2.05, 4.69) is 72.9 Å². The zero-order chi connectivity index (χ0) is 16.2. The molecule has 0 fully saturated rings. The van der Waals surface area contributed by atoms with Crippen molar-refractivity contribution in [1.29, 1.82) is 0 Å². The first-order chi connectivity index (χ1) is 9.68. The Hall–Kier alpha value is -0.870. The largest absolute Gasteiger partial charge is 0.326 e. The molecule has 1 aromatic rings. The second kappa shape index (κ2) is 7.41. The van der Waals surface area contributed by atoms with Gasteiger partial charge in [0.25, 0.3) is 0 Å². The van der Waals surface area contributed by atoms with Gasteiger partial charge >= 0.3 is 0 Å². The molecule has 0 atom stereocenters. The number of amides is 1. The molecule has 3 nitrogen and oxygen atoms in total. The van der Waals surface area contributed by atoms with Crippen LogP contribution < -0.4 is 5.32 Å². The summed E-state index contributed by atoms with van der Waals surface area (Å²) in [5.41, 5.74) is 3.30. The van der Waals surface area contributed by atoms with E-state index < -0.39 is 0 Å². The second-order valence-corrected chi connectivity index (χ2v) is 7.24. The van der Waals surface area contributed by atoms with Crippen LogP contribution in [0, 0.1) is 0 Å². The molecular formula is C17H27BrN2O. The first-order valence-electron chi connectivity index (χ1n) is 7.51. The molecule has 1 aromatic carbocycles. The van der Waals surface area contributed by atoms with E-state index in [9.17, 15) is 4.79 Å². The molecule has 4 heteroatoms. The van der Waals surface area contributed by atoms with Crippen molar-refractivity contribution in [2.75, 3.05) is 18.4 Å². The minimum absolute atomic E-state index is 0.0276. The summed E-state index contributed by atoms with van der Waals surface area (Å²) in [6.07, 6.45) is 0. The van der Waals surface area contributed by atoms with Crippen molar-refractivity contribution in [1.82, 2.24) is 4.90 Å². The first kappa shape index (κ1) is 18.2. The van der Waals surface area contributed by atoms with Gasteiger partial charge < -0.3 is 5.32 Å². The minimum Gasteiger partial charge on any atom is -0.326 e. The van der Waals surface area contributed by atoms with Crippen LogP contribution in [0.2, 0.25) is 0 Å². The maximum Gasteiger partial charge on any atom is 0.221 e. The number of halogens is 1. The molecule has 1 N–H and O–H groups in total. The molecule has 0 aromatic heterocycles. The van der Waals surface area contributed by atoms with Gasteiger partial charge in [0.05, 0.1) is 0 Å². The van der Waals surface area contributed by atoms with Crippen molar-refractivity contribution in [3.63, 3.8) is 0 Å². The van der Waals surface area contributed by atoms with E-state index in [4.69, 9.17) is 0 Å². The fourth-order valence-electron chi connectivity index (χ4n) is 2.31. The Morgan fingerprint density at radius 2 is 1.81 bits per heavy atom. The van der Waals surface area contributed by atoms with Crippen LogP contribution in [0.25, 0.3) is 0 Å². The molecule has 0 heterocycles. The van der Waals surface area contributed by atoms with Crippen molar-refractivity contribution in [3.8, 4) is 0 Å². The molecule has 0 saturated carbocycles. The minimum atomic E-state index is -0.0296. The normalized spacial score (nSPS) is 11.8. The van der Waals surface area contributed by atoms with Gasteiger partial charge in [-0.15, -0.1) is 0 Å². The summed E-state index contributed by atoms with van der Waals surface area (Å²) in [4.78, 5) is 13.8. The van der Waals surface area contributed by atoms with Gasteiger partial charge in [-0.1, -0.05) is 50.5 Å². The van der Waals surface area contributed by atoms with Gasteiger partial charge in [0.2, 0.25) is 5.91 Å². The SMILES string of the molecule is CCN(CC)Cc1cc(Br)c(C(C)(C)C)cc1NC(C)=O. The van der Waals surface area contributed by atoms with Crippen LogP contribution in [0.3, 0.4) is 0 Å². The van der Waals surface area contributed by atoms with Crippen molar-refractivity contribution in [2.45, 2.75) is 53.5 Å². The van der Waals surface area contributed by atoms with Crippen LogP contribution in [-0.4, -0.2) is 23.9 Å². The van der Waals surface area contributed by atoms with Crippen LogP contribution in [-0.2, 0) is 16.8 Å². The predicted octanol–water partition coefficient (Wildman–Crippen LogP) is 4.55. The van der Waals surface area contributed by atoms with Crippen LogP contribution in [0.5, 0.6) is 0 Å².